The van der Waals surface area contributed by atoms with E-state index in [4.69, 9.17) is 0 Å². The first-order chi connectivity index (χ1) is 8.24. The molecule has 1 N–H and O–H groups in total. The van der Waals surface area contributed by atoms with Crippen LogP contribution in [-0.4, -0.2) is 15.0 Å². The number of hydrogen-bond acceptors (Lipinski definition) is 3. The van der Waals surface area contributed by atoms with Crippen LogP contribution < -0.4 is 4.72 Å². The molecule has 6 heteroatoms. The van der Waals surface area contributed by atoms with Crippen molar-refractivity contribution in [3.63, 3.8) is 0 Å². The Hall–Kier alpha value is 0.0900. The van der Waals surface area contributed by atoms with E-state index in [1.165, 1.54) is 11.3 Å². The lowest BCUT2D eigenvalue weighted by atomic mass is 9.86. The molecule has 18 heavy (non-hydrogen) atoms. The summed E-state index contributed by atoms with van der Waals surface area (Å²) in [6, 6.07) is 3.37. The summed E-state index contributed by atoms with van der Waals surface area (Å²) in [5, 5.41) is 0. The quantitative estimate of drug-likeness (QED) is 0.846. The van der Waals surface area contributed by atoms with Gasteiger partial charge >= 0.3 is 0 Å². The van der Waals surface area contributed by atoms with Gasteiger partial charge in [0.2, 0.25) is 10.0 Å². The number of halogens is 1. The topological polar surface area (TPSA) is 46.2 Å². The van der Waals surface area contributed by atoms with Crippen LogP contribution in [0, 0.1) is 17.8 Å². The zero-order chi connectivity index (χ0) is 13.9. The number of nitrogens with one attached hydrogen (secondary N) is 1. The van der Waals surface area contributed by atoms with E-state index in [-0.39, 0.29) is 0 Å². The fraction of sp³-hybridized carbons (Fsp3) is 0.667. The summed E-state index contributed by atoms with van der Waals surface area (Å²) in [6.07, 6.45) is 0. The fourth-order valence-corrected chi connectivity index (χ4v) is 5.09. The first-order valence-corrected chi connectivity index (χ1v) is 9.08. The largest absolute Gasteiger partial charge is 0.250 e. The van der Waals surface area contributed by atoms with E-state index in [1.807, 2.05) is 0 Å². The Balaban J connectivity index is 2.73. The van der Waals surface area contributed by atoms with E-state index in [2.05, 4.69) is 48.3 Å². The third-order valence-electron chi connectivity index (χ3n) is 3.04. The lowest BCUT2D eigenvalue weighted by Crippen LogP contribution is -2.33. The lowest BCUT2D eigenvalue weighted by molar-refractivity contribution is 0.289. The van der Waals surface area contributed by atoms with E-state index in [1.54, 1.807) is 12.1 Å². The van der Waals surface area contributed by atoms with Crippen LogP contribution in [0.1, 0.15) is 27.7 Å². The second kappa shape index (κ2) is 6.50. The molecule has 0 saturated heterocycles. The summed E-state index contributed by atoms with van der Waals surface area (Å²) in [7, 11) is -3.36. The minimum atomic E-state index is -3.36. The van der Waals surface area contributed by atoms with E-state index >= 15 is 0 Å². The van der Waals surface area contributed by atoms with E-state index < -0.39 is 10.0 Å². The molecule has 0 saturated carbocycles. The fourth-order valence-electron chi connectivity index (χ4n) is 1.96. The molecule has 1 rings (SSSR count). The van der Waals surface area contributed by atoms with Crippen LogP contribution in [0.2, 0.25) is 0 Å². The van der Waals surface area contributed by atoms with Crippen LogP contribution in [0.5, 0.6) is 0 Å². The maximum Gasteiger partial charge on any atom is 0.250 e. The highest BCUT2D eigenvalue weighted by molar-refractivity contribution is 9.11. The normalized spacial score (nSPS) is 12.9. The molecule has 0 amide bonds. The Morgan fingerprint density at radius 2 is 1.78 bits per heavy atom. The van der Waals surface area contributed by atoms with Crippen molar-refractivity contribution in [1.82, 2.24) is 4.72 Å². The van der Waals surface area contributed by atoms with Crippen LogP contribution in [0.15, 0.2) is 20.1 Å². The van der Waals surface area contributed by atoms with Crippen molar-refractivity contribution >= 4 is 37.3 Å². The smallest absolute Gasteiger partial charge is 0.210 e. The third-order valence-corrected chi connectivity index (χ3v) is 6.57. The van der Waals surface area contributed by atoms with Gasteiger partial charge in [0.05, 0.1) is 3.79 Å². The standard InChI is InChI=1S/C12H20BrNO2S2/c1-8(2)10(9(3)4)7-14-18(15,16)12-6-5-11(13)17-12/h5-6,8-10,14H,7H2,1-4H3. The predicted octanol–water partition coefficient (Wildman–Crippen LogP) is 3.72. The summed E-state index contributed by atoms with van der Waals surface area (Å²) in [5.41, 5.74) is 0. The summed E-state index contributed by atoms with van der Waals surface area (Å²) in [5.74, 6) is 1.27. The van der Waals surface area contributed by atoms with Crippen molar-refractivity contribution in [2.24, 2.45) is 17.8 Å². The highest BCUT2D eigenvalue weighted by atomic mass is 79.9. The van der Waals surface area contributed by atoms with Crippen LogP contribution >= 0.6 is 27.3 Å². The molecule has 0 spiro atoms. The van der Waals surface area contributed by atoms with Crippen LogP contribution in [-0.2, 0) is 10.0 Å². The molecule has 0 atom stereocenters. The van der Waals surface area contributed by atoms with E-state index in [0.717, 1.165) is 3.79 Å². The third kappa shape index (κ3) is 4.33. The minimum Gasteiger partial charge on any atom is -0.210 e. The molecule has 1 heterocycles. The van der Waals surface area contributed by atoms with Gasteiger partial charge in [-0.05, 0) is 45.8 Å². The van der Waals surface area contributed by atoms with Gasteiger partial charge < -0.3 is 0 Å². The molecule has 3 nitrogen and oxygen atoms in total. The molecule has 0 bridgehead atoms. The summed E-state index contributed by atoms with van der Waals surface area (Å²) < 4.78 is 28.0. The average Bonchev–Trinajstić information content (AvgIpc) is 2.64. The summed E-state index contributed by atoms with van der Waals surface area (Å²) in [4.78, 5) is 0. The molecule has 0 aliphatic rings. The molecule has 1 aromatic rings. The first kappa shape index (κ1) is 16.1. The van der Waals surface area contributed by atoms with Gasteiger partial charge in [-0.2, -0.15) is 0 Å². The minimum absolute atomic E-state index is 0.350. The Kier molecular flexibility index (Phi) is 5.83. The van der Waals surface area contributed by atoms with Gasteiger partial charge in [0, 0.05) is 6.54 Å². The van der Waals surface area contributed by atoms with Crippen LogP contribution in [0.4, 0.5) is 0 Å². The van der Waals surface area contributed by atoms with E-state index in [0.29, 0.717) is 28.5 Å². The van der Waals surface area contributed by atoms with E-state index in [9.17, 15) is 8.42 Å². The highest BCUT2D eigenvalue weighted by Crippen LogP contribution is 2.26. The molecule has 0 aliphatic heterocycles. The van der Waals surface area contributed by atoms with Gasteiger partial charge in [-0.15, -0.1) is 11.3 Å². The molecule has 0 radical (unpaired) electrons. The van der Waals surface area contributed by atoms with Gasteiger partial charge in [0.1, 0.15) is 4.21 Å². The zero-order valence-electron chi connectivity index (χ0n) is 11.1. The molecule has 0 unspecified atom stereocenters. The maximum atomic E-state index is 12.1. The van der Waals surface area contributed by atoms with Gasteiger partial charge in [0.15, 0.2) is 0 Å². The second-order valence-corrected chi connectivity index (χ2v) is 9.52. The zero-order valence-corrected chi connectivity index (χ0v) is 14.3. The van der Waals surface area contributed by atoms with Crippen LogP contribution in [0.3, 0.4) is 0 Å². The molecule has 1 aromatic heterocycles. The number of thiophene rings is 1. The van der Waals surface area contributed by atoms with Crippen molar-refractivity contribution in [2.75, 3.05) is 6.54 Å². The average molecular weight is 354 g/mol. The maximum absolute atomic E-state index is 12.1. The predicted molar refractivity (Wildman–Crippen MR) is 80.4 cm³/mol. The van der Waals surface area contributed by atoms with Crippen molar-refractivity contribution in [2.45, 2.75) is 31.9 Å². The van der Waals surface area contributed by atoms with Gasteiger partial charge in [-0.1, -0.05) is 27.7 Å². The van der Waals surface area contributed by atoms with Crippen molar-refractivity contribution in [3.05, 3.63) is 15.9 Å². The Bertz CT molecular complexity index is 472. The molecule has 104 valence electrons. The Morgan fingerprint density at radius 1 is 1.22 bits per heavy atom. The molecule has 0 fully saturated rings. The Morgan fingerprint density at radius 3 is 2.17 bits per heavy atom. The summed E-state index contributed by atoms with van der Waals surface area (Å²) in [6.45, 7) is 9.00. The van der Waals surface area contributed by atoms with Gasteiger partial charge in [-0.25, -0.2) is 13.1 Å². The summed E-state index contributed by atoms with van der Waals surface area (Å²) >= 11 is 4.51. The molecule has 0 aromatic carbocycles. The number of rotatable bonds is 6. The van der Waals surface area contributed by atoms with Crippen molar-refractivity contribution in [1.29, 1.82) is 0 Å². The monoisotopic (exact) mass is 353 g/mol. The SMILES string of the molecule is CC(C)C(CNS(=O)(=O)c1ccc(Br)s1)C(C)C. The van der Waals surface area contributed by atoms with Gasteiger partial charge in [-0.3, -0.25) is 0 Å². The first-order valence-electron chi connectivity index (χ1n) is 5.99. The number of sulfonamides is 1. The van der Waals surface area contributed by atoms with Crippen molar-refractivity contribution < 1.29 is 8.42 Å². The molecular weight excluding hydrogens is 334 g/mol. The lowest BCUT2D eigenvalue weighted by Gasteiger charge is -2.24. The second-order valence-electron chi connectivity index (χ2n) is 5.06. The van der Waals surface area contributed by atoms with Crippen molar-refractivity contribution in [3.8, 4) is 0 Å². The van der Waals surface area contributed by atoms with Gasteiger partial charge in [0.25, 0.3) is 0 Å². The molecular formula is C12H20BrNO2S2. The highest BCUT2D eigenvalue weighted by Gasteiger charge is 2.22. The number of hydrogen-bond donors (Lipinski definition) is 1. The molecule has 0 aliphatic carbocycles. The van der Waals surface area contributed by atoms with Crippen LogP contribution in [0.25, 0.3) is 0 Å². The Labute approximate surface area is 122 Å².